The normalized spacial score (nSPS) is 7.73. The van der Waals surface area contributed by atoms with Gasteiger partial charge >= 0.3 is 0 Å². The van der Waals surface area contributed by atoms with Crippen molar-refractivity contribution in [3.05, 3.63) is 0 Å². The standard InChI is InChI=1S/C6H11N2O2.Y/c1-2-3-4-6(10)8-7-5-9;/h2-4H2,1H3,(H,7,9)(H,8,10);/q-1;. The van der Waals surface area contributed by atoms with Gasteiger partial charge in [-0.2, -0.15) is 0 Å². The third kappa shape index (κ3) is 10.0. The molecular weight excluding hydrogens is 221 g/mol. The maximum absolute atomic E-state index is 10.6. The summed E-state index contributed by atoms with van der Waals surface area (Å²) in [6.45, 7) is 1.99. The van der Waals surface area contributed by atoms with Crippen molar-refractivity contribution in [2.45, 2.75) is 26.2 Å². The molecule has 0 aliphatic carbocycles. The van der Waals surface area contributed by atoms with E-state index in [9.17, 15) is 9.59 Å². The number of carbonyl (C=O) groups excluding carboxylic acids is 2. The van der Waals surface area contributed by atoms with Crippen molar-refractivity contribution in [1.82, 2.24) is 10.9 Å². The van der Waals surface area contributed by atoms with Gasteiger partial charge < -0.3 is 10.2 Å². The second kappa shape index (κ2) is 10.0. The summed E-state index contributed by atoms with van der Waals surface area (Å²) >= 11 is 0. The molecule has 2 N–H and O–H groups in total. The van der Waals surface area contributed by atoms with E-state index in [-0.39, 0.29) is 38.6 Å². The van der Waals surface area contributed by atoms with Gasteiger partial charge in [-0.25, -0.2) is 0 Å². The Labute approximate surface area is 91.3 Å². The van der Waals surface area contributed by atoms with Crippen molar-refractivity contribution >= 4 is 12.3 Å². The summed E-state index contributed by atoms with van der Waals surface area (Å²) in [6.07, 6.45) is 3.60. The minimum absolute atomic E-state index is 0. The molecular formula is C6H11N2O2Y-. The van der Waals surface area contributed by atoms with E-state index in [4.69, 9.17) is 0 Å². The SMILES string of the molecule is CCCCC(=O)NN[C-]=O.[Y]. The predicted octanol–water partition coefficient (Wildman–Crippen LogP) is -0.138. The van der Waals surface area contributed by atoms with Gasteiger partial charge in [-0.1, -0.05) is 13.3 Å². The molecule has 0 aliphatic rings. The van der Waals surface area contributed by atoms with Crippen molar-refractivity contribution in [2.75, 3.05) is 0 Å². The summed E-state index contributed by atoms with van der Waals surface area (Å²) in [4.78, 5) is 20.1. The number of hydrogen-bond acceptors (Lipinski definition) is 2. The largest absolute Gasteiger partial charge is 0.518 e. The fourth-order valence-electron chi connectivity index (χ4n) is 0.495. The van der Waals surface area contributed by atoms with Crippen LogP contribution in [0.1, 0.15) is 26.2 Å². The van der Waals surface area contributed by atoms with Gasteiger partial charge in [0.15, 0.2) is 0 Å². The van der Waals surface area contributed by atoms with Gasteiger partial charge in [0.25, 0.3) is 0 Å². The molecule has 0 rings (SSSR count). The van der Waals surface area contributed by atoms with Gasteiger partial charge in [0.2, 0.25) is 5.91 Å². The number of carbonyl (C=O) groups is 1. The quantitative estimate of drug-likeness (QED) is 0.394. The zero-order valence-corrected chi connectivity index (χ0v) is 9.35. The van der Waals surface area contributed by atoms with Crippen LogP contribution in [0.4, 0.5) is 0 Å². The molecule has 0 aromatic carbocycles. The zero-order valence-electron chi connectivity index (χ0n) is 6.52. The number of hydrogen-bond donors (Lipinski definition) is 2. The third-order valence-corrected chi connectivity index (χ3v) is 1.01. The van der Waals surface area contributed by atoms with Crippen LogP contribution in [-0.4, -0.2) is 12.3 Å². The first-order chi connectivity index (χ1) is 4.81. The number of amides is 2. The average molecular weight is 232 g/mol. The maximum Gasteiger partial charge on any atom is 0.235 e. The van der Waals surface area contributed by atoms with Crippen LogP contribution in [0.5, 0.6) is 0 Å². The summed E-state index contributed by atoms with van der Waals surface area (Å²) in [6, 6.07) is 0. The van der Waals surface area contributed by atoms with Crippen molar-refractivity contribution < 1.29 is 42.3 Å². The van der Waals surface area contributed by atoms with Crippen LogP contribution in [0.25, 0.3) is 0 Å². The molecule has 2 amide bonds. The molecule has 0 saturated heterocycles. The molecule has 0 aliphatic heterocycles. The molecule has 0 heterocycles. The number of rotatable bonds is 5. The second-order valence-electron chi connectivity index (χ2n) is 1.88. The van der Waals surface area contributed by atoms with Gasteiger partial charge in [-0.05, 0) is 6.42 Å². The van der Waals surface area contributed by atoms with E-state index in [1.54, 1.807) is 0 Å². The maximum atomic E-state index is 10.6. The van der Waals surface area contributed by atoms with E-state index in [0.717, 1.165) is 12.8 Å². The van der Waals surface area contributed by atoms with E-state index < -0.39 is 0 Å². The fraction of sp³-hybridized carbons (Fsp3) is 0.667. The Bertz CT molecular complexity index is 119. The molecule has 0 bridgehead atoms. The minimum atomic E-state index is -0.176. The predicted molar refractivity (Wildman–Crippen MR) is 36.5 cm³/mol. The first-order valence-corrected chi connectivity index (χ1v) is 3.22. The van der Waals surface area contributed by atoms with E-state index in [2.05, 4.69) is 5.43 Å². The molecule has 4 nitrogen and oxygen atoms in total. The Balaban J connectivity index is 0. The van der Waals surface area contributed by atoms with Gasteiger partial charge in [-0.3, -0.25) is 10.2 Å². The van der Waals surface area contributed by atoms with Gasteiger partial charge in [0.05, 0.1) is 0 Å². The van der Waals surface area contributed by atoms with Crippen molar-refractivity contribution in [2.24, 2.45) is 0 Å². The summed E-state index contributed by atoms with van der Waals surface area (Å²) < 4.78 is 0. The van der Waals surface area contributed by atoms with Crippen LogP contribution >= 0.6 is 0 Å². The van der Waals surface area contributed by atoms with Crippen LogP contribution < -0.4 is 10.9 Å². The summed E-state index contributed by atoms with van der Waals surface area (Å²) in [5.74, 6) is -0.176. The number of nitrogens with one attached hydrogen (secondary N) is 2. The van der Waals surface area contributed by atoms with Crippen LogP contribution in [0, 0.1) is 0 Å². The van der Waals surface area contributed by atoms with Crippen LogP contribution in [-0.2, 0) is 42.3 Å². The molecule has 0 fully saturated rings. The second-order valence-corrected chi connectivity index (χ2v) is 1.88. The topological polar surface area (TPSA) is 58.2 Å². The molecule has 5 heteroatoms. The Hall–Kier alpha value is 0.0439. The van der Waals surface area contributed by atoms with E-state index in [1.165, 1.54) is 6.41 Å². The first kappa shape index (κ1) is 13.6. The zero-order chi connectivity index (χ0) is 7.82. The molecule has 61 valence electrons. The Morgan fingerprint density at radius 3 is 2.64 bits per heavy atom. The Kier molecular flexibility index (Phi) is 12.4. The van der Waals surface area contributed by atoms with Crippen molar-refractivity contribution in [3.63, 3.8) is 0 Å². The molecule has 11 heavy (non-hydrogen) atoms. The first-order valence-electron chi connectivity index (χ1n) is 3.22. The molecule has 0 saturated carbocycles. The molecule has 0 spiro atoms. The minimum Gasteiger partial charge on any atom is -0.518 e. The molecule has 0 atom stereocenters. The van der Waals surface area contributed by atoms with E-state index >= 15 is 0 Å². The van der Waals surface area contributed by atoms with Crippen LogP contribution in [0.15, 0.2) is 0 Å². The van der Waals surface area contributed by atoms with E-state index in [0.29, 0.717) is 6.42 Å². The van der Waals surface area contributed by atoms with Crippen LogP contribution in [0.3, 0.4) is 0 Å². The Morgan fingerprint density at radius 1 is 1.55 bits per heavy atom. The molecule has 0 aromatic heterocycles. The van der Waals surface area contributed by atoms with Gasteiger partial charge in [0.1, 0.15) is 0 Å². The smallest absolute Gasteiger partial charge is 0.235 e. The van der Waals surface area contributed by atoms with Crippen molar-refractivity contribution in [1.29, 1.82) is 0 Å². The summed E-state index contributed by atoms with van der Waals surface area (Å²) in [7, 11) is 0. The molecule has 1 radical (unpaired) electrons. The summed E-state index contributed by atoms with van der Waals surface area (Å²) in [5, 5.41) is 0. The third-order valence-electron chi connectivity index (χ3n) is 1.01. The molecule has 0 aromatic rings. The fourth-order valence-corrected chi connectivity index (χ4v) is 0.495. The number of hydrazine groups is 1. The summed E-state index contributed by atoms with van der Waals surface area (Å²) in [5.41, 5.74) is 4.11. The van der Waals surface area contributed by atoms with Gasteiger partial charge in [-0.15, -0.1) is 6.41 Å². The van der Waals surface area contributed by atoms with Crippen LogP contribution in [0.2, 0.25) is 0 Å². The Morgan fingerprint density at radius 2 is 2.18 bits per heavy atom. The van der Waals surface area contributed by atoms with Gasteiger partial charge in [0, 0.05) is 39.1 Å². The van der Waals surface area contributed by atoms with E-state index in [1.807, 2.05) is 12.3 Å². The average Bonchev–Trinajstić information content (AvgIpc) is 1.97. The molecule has 0 unspecified atom stereocenters. The number of unbranched alkanes of at least 4 members (excludes halogenated alkanes) is 1. The van der Waals surface area contributed by atoms with Crippen molar-refractivity contribution in [3.8, 4) is 0 Å². The monoisotopic (exact) mass is 232 g/mol.